The Morgan fingerprint density at radius 3 is 1.23 bits per heavy atom. The molecule has 10 heterocycles. The Morgan fingerprint density at radius 2 is 0.866 bits per heavy atom. The van der Waals surface area contributed by atoms with Gasteiger partial charge in [-0.25, -0.2) is 19.9 Å². The molecule has 0 saturated carbocycles. The molecule has 0 atom stereocenters. The van der Waals surface area contributed by atoms with E-state index in [1.807, 2.05) is 135 Å². The fourth-order valence-electron chi connectivity index (χ4n) is 12.2. The minimum Gasteiger partial charge on any atom is -0.495 e. The lowest BCUT2D eigenvalue weighted by Crippen LogP contribution is -2.44. The highest BCUT2D eigenvalue weighted by Gasteiger charge is 2.51. The maximum absolute atomic E-state index is 11.6. The van der Waals surface area contributed by atoms with E-state index in [2.05, 4.69) is 146 Å². The van der Waals surface area contributed by atoms with E-state index in [1.165, 1.54) is 43.7 Å². The molecule has 2 amide bonds. The van der Waals surface area contributed by atoms with Crippen LogP contribution in [0.5, 0.6) is 5.75 Å². The first-order valence-corrected chi connectivity index (χ1v) is 42.1. The van der Waals surface area contributed by atoms with Crippen LogP contribution in [0, 0.1) is 0 Å². The normalized spacial score (nSPS) is 16.1. The molecule has 3 aromatic heterocycles. The molecule has 0 bridgehead atoms. The van der Waals surface area contributed by atoms with E-state index in [1.54, 1.807) is 88.7 Å². The van der Waals surface area contributed by atoms with Crippen LogP contribution < -0.4 is 88.4 Å². The molecular formula is C88H144B2N20O9. The summed E-state index contributed by atoms with van der Waals surface area (Å²) >= 11 is 0. The minimum atomic E-state index is -1.43. The third-order valence-corrected chi connectivity index (χ3v) is 19.6. The molecule has 656 valence electrons. The number of methoxy groups -OCH3 is 1. The molecule has 12 N–H and O–H groups in total. The lowest BCUT2D eigenvalue weighted by molar-refractivity contribution is -0.141. The number of nitrogens with one attached hydrogen (secondary N) is 8. The van der Waals surface area contributed by atoms with Gasteiger partial charge in [0.1, 0.15) is 17.4 Å². The molecule has 4 aromatic carbocycles. The Hall–Kier alpha value is -8.92. The summed E-state index contributed by atoms with van der Waals surface area (Å²) in [7, 11) is 14.5. The Kier molecular flexibility index (Phi) is 52.8. The van der Waals surface area contributed by atoms with Crippen molar-refractivity contribution in [1.82, 2.24) is 72.3 Å². The number of ether oxygens (including phenoxy) is 2. The Labute approximate surface area is 712 Å². The van der Waals surface area contributed by atoms with Gasteiger partial charge in [0.15, 0.2) is 0 Å². The van der Waals surface area contributed by atoms with Crippen LogP contribution >= 0.6 is 0 Å². The standard InChI is InChI=1S/C17H26BNO3.C11H16BNO3.C11H16N2O.C10H14N2.2C9H13N3.C8H12N4.C5H11N.C4H9NO2.2C2H7N/c1-16(2)17(3,4)22-18(21-16)14-10-7-13(8-11-14)9-12-15(20)19(5)6;1-13(2)11(14)8-5-9-3-6-10(7-4-9)12(15)16;1-14-11-5-3-2-4-10(11)13-8-6-12-7-9-13;1-2-4-10(5-3-1)12-8-6-11-7-9-12;2*1-2-4-11-9(3-1)12-7-5-10-6-8-12;1-2-10-8(11-3-1)12-6-4-9-5-7-12;1-2-4-6-5-3-1;1-2-7-4(6)3-5;2*1-3-2/h7-8,10-11H,9,12H2,1-6H3;3-4,6-7,15-16H,5,8H2,1-2H3;2-5,12H,6-9H2,1H3;1-5,11H,6-9H2;2*1-4,10H,5-8H2;1-3,9H,4-7H2;6H,1-5H2;2-3,5H2,1H3;2*3H,1-2H3. The number of carbonyl (C=O) groups is 3. The van der Waals surface area contributed by atoms with Crippen molar-refractivity contribution in [1.29, 1.82) is 0 Å². The van der Waals surface area contributed by atoms with Gasteiger partial charge in [-0.2, -0.15) is 0 Å². The number of nitrogens with zero attached hydrogens (tertiary/aromatic N) is 11. The quantitative estimate of drug-likeness (QED) is 0.0472. The van der Waals surface area contributed by atoms with E-state index in [0.717, 1.165) is 177 Å². The first-order chi connectivity index (χ1) is 57.5. The largest absolute Gasteiger partial charge is 0.495 e. The van der Waals surface area contributed by atoms with Crippen molar-refractivity contribution in [2.24, 2.45) is 5.73 Å². The molecule has 7 fully saturated rings. The van der Waals surface area contributed by atoms with Crippen molar-refractivity contribution >= 4 is 71.9 Å². The van der Waals surface area contributed by atoms with E-state index >= 15 is 0 Å². The third-order valence-electron chi connectivity index (χ3n) is 19.6. The van der Waals surface area contributed by atoms with Gasteiger partial charge < -0.3 is 111 Å². The van der Waals surface area contributed by atoms with Crippen LogP contribution in [0.1, 0.15) is 77.8 Å². The first kappa shape index (κ1) is 102. The summed E-state index contributed by atoms with van der Waals surface area (Å²) in [5.41, 5.74) is 10.4. The number of benzene rings is 4. The highest BCUT2D eigenvalue weighted by atomic mass is 16.7. The van der Waals surface area contributed by atoms with Crippen LogP contribution in [0.4, 0.5) is 29.0 Å². The summed E-state index contributed by atoms with van der Waals surface area (Å²) in [6.45, 7) is 34.1. The van der Waals surface area contributed by atoms with Gasteiger partial charge >= 0.3 is 20.2 Å². The van der Waals surface area contributed by atoms with Gasteiger partial charge in [0.25, 0.3) is 0 Å². The van der Waals surface area contributed by atoms with Crippen LogP contribution in [-0.4, -0.2) is 304 Å². The maximum atomic E-state index is 11.6. The summed E-state index contributed by atoms with van der Waals surface area (Å²) in [6, 6.07) is 47.8. The number of aromatic nitrogens is 4. The van der Waals surface area contributed by atoms with Gasteiger partial charge in [0.05, 0.1) is 37.2 Å². The Bertz CT molecular complexity index is 3430. The summed E-state index contributed by atoms with van der Waals surface area (Å²) in [6.07, 6.45) is 13.9. The zero-order chi connectivity index (χ0) is 86.7. The number of anilines is 5. The number of hydrogen-bond donors (Lipinski definition) is 11. The van der Waals surface area contributed by atoms with Gasteiger partial charge in [0, 0.05) is 202 Å². The van der Waals surface area contributed by atoms with Crippen molar-refractivity contribution in [2.75, 3.05) is 245 Å². The SMILES string of the molecule is C1CCNCC1.CCOC(=O)CN.CN(C)C(=O)CCc1ccc(B(O)O)cc1.CN(C)C(=O)CCc1ccc(B2OC(C)(C)C(C)(C)O2)cc1.CNC.CNC.COc1ccccc1N1CCNCC1.c1ccc(N2CCNCC2)cc1.c1ccc(N2CCNCC2)nc1.c1ccc(N2CCNCC2)nc1.c1cnc(N2CCNCC2)nc1. The van der Waals surface area contributed by atoms with Crippen LogP contribution in [-0.2, 0) is 41.3 Å². The zero-order valence-electron chi connectivity index (χ0n) is 74.0. The molecule has 119 heavy (non-hydrogen) atoms. The van der Waals surface area contributed by atoms with E-state index in [4.69, 9.17) is 29.8 Å². The van der Waals surface area contributed by atoms with Crippen molar-refractivity contribution in [2.45, 2.75) is 90.8 Å². The predicted molar refractivity (Wildman–Crippen MR) is 490 cm³/mol. The molecule has 29 nitrogen and oxygen atoms in total. The molecule has 7 aliphatic rings. The van der Waals surface area contributed by atoms with Crippen molar-refractivity contribution < 1.29 is 43.2 Å². The van der Waals surface area contributed by atoms with E-state index in [9.17, 15) is 14.4 Å². The van der Waals surface area contributed by atoms with E-state index in [0.29, 0.717) is 31.3 Å². The summed E-state index contributed by atoms with van der Waals surface area (Å²) in [5.74, 6) is 3.90. The summed E-state index contributed by atoms with van der Waals surface area (Å²) in [5, 5.41) is 43.2. The number of piperidine rings is 1. The number of aryl methyl sites for hydroxylation is 2. The molecular weight excluding hydrogens is 1500 g/mol. The molecule has 7 saturated heterocycles. The van der Waals surface area contributed by atoms with Crippen LogP contribution in [0.15, 0.2) is 170 Å². The molecule has 0 radical (unpaired) electrons. The van der Waals surface area contributed by atoms with E-state index < -0.39 is 7.12 Å². The molecule has 7 aliphatic heterocycles. The minimum absolute atomic E-state index is 0.0200. The van der Waals surface area contributed by atoms with Gasteiger partial charge in [0.2, 0.25) is 17.8 Å². The fourth-order valence-corrected chi connectivity index (χ4v) is 12.2. The number of esters is 1. The predicted octanol–water partition coefficient (Wildman–Crippen LogP) is 4.40. The fraction of sp³-hybridized carbons (Fsp3) is 0.534. The number of nitrogens with two attached hydrogens (primary N) is 1. The zero-order valence-corrected chi connectivity index (χ0v) is 74.0. The lowest BCUT2D eigenvalue weighted by atomic mass is 9.78. The molecule has 0 spiro atoms. The van der Waals surface area contributed by atoms with Crippen LogP contribution in [0.25, 0.3) is 0 Å². The third kappa shape index (κ3) is 42.2. The highest BCUT2D eigenvalue weighted by molar-refractivity contribution is 6.62. The number of rotatable bonds is 16. The van der Waals surface area contributed by atoms with Crippen LogP contribution in [0.2, 0.25) is 0 Å². The van der Waals surface area contributed by atoms with Gasteiger partial charge in [-0.1, -0.05) is 97.4 Å². The van der Waals surface area contributed by atoms with Gasteiger partial charge in [-0.15, -0.1) is 0 Å². The van der Waals surface area contributed by atoms with Crippen molar-refractivity contribution in [3.05, 3.63) is 182 Å². The summed E-state index contributed by atoms with van der Waals surface area (Å²) in [4.78, 5) is 64.8. The molecule has 14 rings (SSSR count). The number of carbonyl (C=O) groups excluding carboxylic acids is 3. The average Bonchev–Trinajstić information content (AvgIpc) is 1.63. The molecule has 0 aliphatic carbocycles. The molecule has 31 heteroatoms. The van der Waals surface area contributed by atoms with Crippen LogP contribution in [0.3, 0.4) is 0 Å². The number of pyridine rings is 2. The van der Waals surface area contributed by atoms with Gasteiger partial charge in [-0.3, -0.25) is 14.4 Å². The molecule has 7 aromatic rings. The Balaban J connectivity index is 0.000000284. The first-order valence-electron chi connectivity index (χ1n) is 42.1. The summed E-state index contributed by atoms with van der Waals surface area (Å²) < 4.78 is 21.8. The number of para-hydroxylation sites is 3. The topological polar surface area (TPSA) is 325 Å². The second-order valence-corrected chi connectivity index (χ2v) is 30.0. The van der Waals surface area contributed by atoms with Crippen molar-refractivity contribution in [3.63, 3.8) is 0 Å². The van der Waals surface area contributed by atoms with E-state index in [-0.39, 0.29) is 42.6 Å². The monoisotopic (exact) mass is 1650 g/mol. The van der Waals surface area contributed by atoms with Crippen molar-refractivity contribution in [3.8, 4) is 5.75 Å². The second kappa shape index (κ2) is 61.4. The second-order valence-electron chi connectivity index (χ2n) is 30.0. The number of piperazine rings is 5. The number of amides is 2. The Morgan fingerprint density at radius 1 is 0.487 bits per heavy atom. The maximum Gasteiger partial charge on any atom is 0.494 e. The average molecular weight is 1650 g/mol. The highest BCUT2D eigenvalue weighted by Crippen LogP contribution is 2.36. The lowest BCUT2D eigenvalue weighted by Gasteiger charge is -2.32. The molecule has 0 unspecified atom stereocenters. The smallest absolute Gasteiger partial charge is 0.494 e. The number of hydrogen-bond acceptors (Lipinski definition) is 27. The van der Waals surface area contributed by atoms with Gasteiger partial charge in [-0.05, 0) is 178 Å².